The van der Waals surface area contributed by atoms with Gasteiger partial charge in [0, 0.05) is 0 Å². The van der Waals surface area contributed by atoms with Crippen LogP contribution in [0.2, 0.25) is 0 Å². The molecule has 0 aromatic carbocycles. The predicted octanol–water partition coefficient (Wildman–Crippen LogP) is 0.0164. The monoisotopic (exact) mass is 204 g/mol. The van der Waals surface area contributed by atoms with Crippen LogP contribution in [0.3, 0.4) is 0 Å². The number of carbonyl (C=O) groups is 2. The molecule has 4 nitrogen and oxygen atoms in total. The molecule has 0 bridgehead atoms. The average molecular weight is 205 g/mol. The van der Waals surface area contributed by atoms with Gasteiger partial charge in [-0.05, 0) is 0 Å². The number of amides is 2. The lowest BCUT2D eigenvalue weighted by Crippen LogP contribution is -2.49. The largest absolute Gasteiger partial charge is 0.473 e. The fraction of sp³-hybridized carbons (Fsp3) is 0.500. The van der Waals surface area contributed by atoms with Crippen LogP contribution in [0, 0.1) is 0 Å². The van der Waals surface area contributed by atoms with Gasteiger partial charge in [0.15, 0.2) is 0 Å². The van der Waals surface area contributed by atoms with Crippen molar-refractivity contribution < 1.29 is 22.8 Å². The minimum atomic E-state index is -5.16. The molecule has 0 spiro atoms. The molecular weight excluding hydrogens is 201 g/mol. The lowest BCUT2D eigenvalue weighted by Gasteiger charge is -2.14. The molecule has 0 fully saturated rings. The van der Waals surface area contributed by atoms with Gasteiger partial charge in [-0.1, -0.05) is 0 Å². The molecule has 70 valence electrons. The minimum absolute atomic E-state index is 0.562. The third kappa shape index (κ3) is 2.67. The van der Waals surface area contributed by atoms with E-state index in [-0.39, 0.29) is 0 Å². The van der Waals surface area contributed by atoms with Crippen LogP contribution in [-0.4, -0.2) is 28.9 Å². The number of nitrogens with zero attached hydrogens (tertiary/aromatic N) is 1. The summed E-state index contributed by atoms with van der Waals surface area (Å²) >= 11 is 4.85. The Morgan fingerprint density at radius 1 is 1.42 bits per heavy atom. The van der Waals surface area contributed by atoms with Crippen molar-refractivity contribution in [2.24, 2.45) is 5.84 Å². The third-order valence-electron chi connectivity index (χ3n) is 0.844. The first-order valence-corrected chi connectivity index (χ1v) is 3.09. The zero-order valence-electron chi connectivity index (χ0n) is 5.56. The Morgan fingerprint density at radius 3 is 2.08 bits per heavy atom. The first kappa shape index (κ1) is 11.2. The van der Waals surface area contributed by atoms with Gasteiger partial charge in [-0.2, -0.15) is 13.2 Å². The summed E-state index contributed by atoms with van der Waals surface area (Å²) < 4.78 is 34.6. The molecule has 2 N–H and O–H groups in total. The molecule has 0 rings (SSSR count). The van der Waals surface area contributed by atoms with Gasteiger partial charge in [-0.15, -0.1) is 11.6 Å². The highest BCUT2D eigenvalue weighted by Crippen LogP contribution is 2.16. The normalized spacial score (nSPS) is 11.1. The molecule has 0 aliphatic carbocycles. The quantitative estimate of drug-likeness (QED) is 0.283. The standard InChI is InChI=1S/C4H4ClF3N2O2/c5-1-2(11)10(9)3(12)4(6,7)8/h1,9H2. The summed E-state index contributed by atoms with van der Waals surface area (Å²) in [6.07, 6.45) is -5.16. The van der Waals surface area contributed by atoms with Gasteiger partial charge in [0.05, 0.1) is 0 Å². The van der Waals surface area contributed by atoms with Gasteiger partial charge in [0.2, 0.25) is 0 Å². The van der Waals surface area contributed by atoms with Gasteiger partial charge in [-0.3, -0.25) is 9.59 Å². The van der Waals surface area contributed by atoms with E-state index in [2.05, 4.69) is 5.84 Å². The van der Waals surface area contributed by atoms with Crippen molar-refractivity contribution in [3.05, 3.63) is 0 Å². The van der Waals surface area contributed by atoms with E-state index in [1.54, 1.807) is 0 Å². The molecule has 0 saturated heterocycles. The van der Waals surface area contributed by atoms with E-state index in [4.69, 9.17) is 11.6 Å². The van der Waals surface area contributed by atoms with E-state index in [0.717, 1.165) is 0 Å². The number of hydrogen-bond donors (Lipinski definition) is 1. The van der Waals surface area contributed by atoms with Gasteiger partial charge in [0.1, 0.15) is 5.88 Å². The molecule has 0 aliphatic rings. The van der Waals surface area contributed by atoms with Crippen LogP contribution in [0.25, 0.3) is 0 Å². The number of carbonyl (C=O) groups excluding carboxylic acids is 2. The van der Waals surface area contributed by atoms with E-state index >= 15 is 0 Å². The average Bonchev–Trinajstić information content (AvgIpc) is 1.98. The van der Waals surface area contributed by atoms with Crippen LogP contribution in [0.4, 0.5) is 13.2 Å². The summed E-state index contributed by atoms with van der Waals surface area (Å²) in [6, 6.07) is 0. The van der Waals surface area contributed by atoms with E-state index in [1.807, 2.05) is 0 Å². The highest BCUT2D eigenvalue weighted by molar-refractivity contribution is 6.28. The summed E-state index contributed by atoms with van der Waals surface area (Å²) in [5.41, 5.74) is 0. The number of alkyl halides is 4. The van der Waals surface area contributed by atoms with Gasteiger partial charge in [0.25, 0.3) is 5.91 Å². The second kappa shape index (κ2) is 3.72. The number of rotatable bonds is 1. The van der Waals surface area contributed by atoms with Crippen LogP contribution < -0.4 is 5.84 Å². The van der Waals surface area contributed by atoms with Crippen LogP contribution in [-0.2, 0) is 9.59 Å². The first-order chi connectivity index (χ1) is 5.30. The van der Waals surface area contributed by atoms with Crippen LogP contribution in [0.15, 0.2) is 0 Å². The first-order valence-electron chi connectivity index (χ1n) is 2.55. The predicted molar refractivity (Wildman–Crippen MR) is 32.8 cm³/mol. The third-order valence-corrected chi connectivity index (χ3v) is 1.07. The smallest absolute Gasteiger partial charge is 0.272 e. The maximum absolute atomic E-state index is 11.5. The topological polar surface area (TPSA) is 63.4 Å². The Bertz CT molecular complexity index is 205. The molecule has 8 heteroatoms. The summed E-state index contributed by atoms with van der Waals surface area (Å²) in [5, 5.41) is -0.562. The van der Waals surface area contributed by atoms with Crippen molar-refractivity contribution in [3.63, 3.8) is 0 Å². The van der Waals surface area contributed by atoms with Crippen molar-refractivity contribution in [1.29, 1.82) is 0 Å². The lowest BCUT2D eigenvalue weighted by atomic mass is 10.5. The van der Waals surface area contributed by atoms with Crippen molar-refractivity contribution in [2.45, 2.75) is 6.18 Å². The minimum Gasteiger partial charge on any atom is -0.272 e. The van der Waals surface area contributed by atoms with Gasteiger partial charge in [-0.25, -0.2) is 10.9 Å². The summed E-state index contributed by atoms with van der Waals surface area (Å²) in [6.45, 7) is 0. The second-order valence-electron chi connectivity index (χ2n) is 1.70. The van der Waals surface area contributed by atoms with E-state index in [9.17, 15) is 22.8 Å². The van der Waals surface area contributed by atoms with Crippen molar-refractivity contribution in [1.82, 2.24) is 5.01 Å². The number of halogens is 4. The number of nitrogens with two attached hydrogens (primary N) is 1. The van der Waals surface area contributed by atoms with Crippen molar-refractivity contribution in [2.75, 3.05) is 5.88 Å². The molecule has 0 radical (unpaired) electrons. The second-order valence-corrected chi connectivity index (χ2v) is 1.97. The number of imide groups is 1. The Hall–Kier alpha value is -0.820. The van der Waals surface area contributed by atoms with Crippen LogP contribution >= 0.6 is 11.6 Å². The van der Waals surface area contributed by atoms with Crippen LogP contribution in [0.5, 0.6) is 0 Å². The highest BCUT2D eigenvalue weighted by atomic mass is 35.5. The molecule has 0 heterocycles. The summed E-state index contributed by atoms with van der Waals surface area (Å²) in [5.74, 6) is -0.0356. The fourth-order valence-corrected chi connectivity index (χ4v) is 0.443. The molecule has 2 amide bonds. The Labute approximate surface area is 70.0 Å². The molecular formula is C4H4ClF3N2O2. The highest BCUT2D eigenvalue weighted by Gasteiger charge is 2.43. The molecule has 0 saturated carbocycles. The molecule has 12 heavy (non-hydrogen) atoms. The Morgan fingerprint density at radius 2 is 1.83 bits per heavy atom. The summed E-state index contributed by atoms with van der Waals surface area (Å²) in [7, 11) is 0. The SMILES string of the molecule is NN(C(=O)CCl)C(=O)C(F)(F)F. The lowest BCUT2D eigenvalue weighted by molar-refractivity contribution is -0.187. The zero-order valence-corrected chi connectivity index (χ0v) is 6.32. The van der Waals surface area contributed by atoms with E-state index in [1.165, 1.54) is 0 Å². The van der Waals surface area contributed by atoms with E-state index in [0.29, 0.717) is 0 Å². The molecule has 0 atom stereocenters. The fourth-order valence-electron chi connectivity index (χ4n) is 0.314. The summed E-state index contributed by atoms with van der Waals surface area (Å²) in [4.78, 5) is 20.5. The number of hydrogen-bond acceptors (Lipinski definition) is 3. The molecule has 0 aromatic heterocycles. The van der Waals surface area contributed by atoms with Gasteiger partial charge < -0.3 is 0 Å². The number of hydrazine groups is 1. The Balaban J connectivity index is 4.41. The van der Waals surface area contributed by atoms with Crippen LogP contribution in [0.1, 0.15) is 0 Å². The molecule has 0 aliphatic heterocycles. The van der Waals surface area contributed by atoms with E-state index < -0.39 is 28.9 Å². The maximum atomic E-state index is 11.5. The Kier molecular flexibility index (Phi) is 3.47. The molecule has 0 aromatic rings. The zero-order chi connectivity index (χ0) is 9.94. The van der Waals surface area contributed by atoms with Gasteiger partial charge >= 0.3 is 12.1 Å². The maximum Gasteiger partial charge on any atom is 0.473 e. The molecule has 0 unspecified atom stereocenters. The van der Waals surface area contributed by atoms with Crippen molar-refractivity contribution >= 4 is 23.4 Å². The van der Waals surface area contributed by atoms with Crippen molar-refractivity contribution in [3.8, 4) is 0 Å².